The van der Waals surface area contributed by atoms with E-state index in [0.717, 1.165) is 36.0 Å². The third kappa shape index (κ3) is 4.65. The number of methoxy groups -OCH3 is 1. The third-order valence-electron chi connectivity index (χ3n) is 3.98. The number of aryl methyl sites for hydroxylation is 4. The Morgan fingerprint density at radius 2 is 1.48 bits per heavy atom. The molecule has 0 aliphatic heterocycles. The lowest BCUT2D eigenvalue weighted by molar-refractivity contribution is 0.383. The SMILES string of the molecule is COc1cc(CCCc2cc(C)c(OC#N)c(C)c2)ccc1OC#N. The number of hydrogen-bond donors (Lipinski definition) is 0. The van der Waals surface area contributed by atoms with Crippen LogP contribution >= 0.6 is 0 Å². The quantitative estimate of drug-likeness (QED) is 0.708. The van der Waals surface area contributed by atoms with Gasteiger partial charge in [-0.1, -0.05) is 18.2 Å². The lowest BCUT2D eigenvalue weighted by Gasteiger charge is -2.10. The highest BCUT2D eigenvalue weighted by Crippen LogP contribution is 2.29. The number of rotatable bonds is 7. The molecular formula is C20H20N2O3. The minimum absolute atomic E-state index is 0.424. The molecule has 0 heterocycles. The fourth-order valence-electron chi connectivity index (χ4n) is 2.89. The molecule has 0 atom stereocenters. The van der Waals surface area contributed by atoms with E-state index in [1.807, 2.05) is 26.0 Å². The van der Waals surface area contributed by atoms with E-state index in [0.29, 0.717) is 17.2 Å². The summed E-state index contributed by atoms with van der Waals surface area (Å²) in [7, 11) is 1.56. The molecule has 0 aliphatic carbocycles. The van der Waals surface area contributed by atoms with Crippen LogP contribution in [0.2, 0.25) is 0 Å². The summed E-state index contributed by atoms with van der Waals surface area (Å²) >= 11 is 0. The van der Waals surface area contributed by atoms with Gasteiger partial charge in [-0.15, -0.1) is 10.5 Å². The maximum Gasteiger partial charge on any atom is 0.292 e. The maximum absolute atomic E-state index is 8.69. The topological polar surface area (TPSA) is 75.3 Å². The minimum atomic E-state index is 0.424. The summed E-state index contributed by atoms with van der Waals surface area (Å²) in [4.78, 5) is 0. The van der Waals surface area contributed by atoms with Crippen LogP contribution < -0.4 is 14.2 Å². The van der Waals surface area contributed by atoms with Crippen LogP contribution in [0.5, 0.6) is 17.2 Å². The Balaban J connectivity index is 2.01. The number of ether oxygens (including phenoxy) is 3. The second-order valence-corrected chi connectivity index (χ2v) is 5.78. The van der Waals surface area contributed by atoms with Crippen molar-refractivity contribution in [1.82, 2.24) is 0 Å². The first-order valence-corrected chi connectivity index (χ1v) is 7.98. The van der Waals surface area contributed by atoms with Crippen LogP contribution in [0.3, 0.4) is 0 Å². The molecule has 0 saturated carbocycles. The van der Waals surface area contributed by atoms with Crippen molar-refractivity contribution in [1.29, 1.82) is 10.5 Å². The van der Waals surface area contributed by atoms with Crippen LogP contribution in [0.1, 0.15) is 28.7 Å². The molecule has 25 heavy (non-hydrogen) atoms. The van der Waals surface area contributed by atoms with Crippen LogP contribution in [0.25, 0.3) is 0 Å². The number of benzene rings is 2. The van der Waals surface area contributed by atoms with Gasteiger partial charge in [0.25, 0.3) is 12.5 Å². The van der Waals surface area contributed by atoms with E-state index in [-0.39, 0.29) is 0 Å². The second-order valence-electron chi connectivity index (χ2n) is 5.78. The molecular weight excluding hydrogens is 316 g/mol. The number of nitrogens with zero attached hydrogens (tertiary/aromatic N) is 2. The Bertz CT molecular complexity index is 809. The van der Waals surface area contributed by atoms with Crippen molar-refractivity contribution in [3.63, 3.8) is 0 Å². The summed E-state index contributed by atoms with van der Waals surface area (Å²) in [5.41, 5.74) is 4.28. The smallest absolute Gasteiger partial charge is 0.292 e. The molecule has 5 nitrogen and oxygen atoms in total. The second kappa shape index (κ2) is 8.61. The Morgan fingerprint density at radius 1 is 0.840 bits per heavy atom. The van der Waals surface area contributed by atoms with Crippen molar-refractivity contribution in [2.24, 2.45) is 0 Å². The molecule has 5 heteroatoms. The van der Waals surface area contributed by atoms with Crippen molar-refractivity contribution in [2.45, 2.75) is 33.1 Å². The summed E-state index contributed by atoms with van der Waals surface area (Å²) in [6, 6.07) is 9.70. The Kier molecular flexibility index (Phi) is 6.26. The van der Waals surface area contributed by atoms with Gasteiger partial charge < -0.3 is 14.2 Å². The van der Waals surface area contributed by atoms with E-state index >= 15 is 0 Å². The van der Waals surface area contributed by atoms with Gasteiger partial charge in [0, 0.05) is 0 Å². The van der Waals surface area contributed by atoms with Crippen molar-refractivity contribution >= 4 is 0 Å². The van der Waals surface area contributed by atoms with Crippen molar-refractivity contribution in [3.8, 4) is 29.8 Å². The lowest BCUT2D eigenvalue weighted by atomic mass is 9.99. The van der Waals surface area contributed by atoms with Gasteiger partial charge in [0.15, 0.2) is 11.5 Å². The van der Waals surface area contributed by atoms with E-state index < -0.39 is 0 Å². The Hall–Kier alpha value is -3.18. The molecule has 128 valence electrons. The summed E-state index contributed by atoms with van der Waals surface area (Å²) < 4.78 is 15.1. The van der Waals surface area contributed by atoms with Crippen LogP contribution in [0.4, 0.5) is 0 Å². The molecule has 0 radical (unpaired) electrons. The summed E-state index contributed by atoms with van der Waals surface area (Å²) in [5, 5.41) is 17.3. The highest BCUT2D eigenvalue weighted by Gasteiger charge is 2.08. The average Bonchev–Trinajstić information content (AvgIpc) is 2.59. The van der Waals surface area contributed by atoms with Crippen molar-refractivity contribution in [2.75, 3.05) is 7.11 Å². The van der Waals surface area contributed by atoms with Crippen LogP contribution in [0.15, 0.2) is 30.3 Å². The molecule has 2 aromatic rings. The van der Waals surface area contributed by atoms with Gasteiger partial charge in [0.2, 0.25) is 0 Å². The fraction of sp³-hybridized carbons (Fsp3) is 0.300. The molecule has 0 fully saturated rings. The summed E-state index contributed by atoms with van der Waals surface area (Å²) in [6.07, 6.45) is 6.17. The number of nitriles is 2. The van der Waals surface area contributed by atoms with Crippen LogP contribution in [-0.4, -0.2) is 7.11 Å². The van der Waals surface area contributed by atoms with Crippen molar-refractivity contribution < 1.29 is 14.2 Å². The molecule has 0 amide bonds. The molecule has 0 spiro atoms. The highest BCUT2D eigenvalue weighted by molar-refractivity contribution is 5.45. The van der Waals surface area contributed by atoms with Gasteiger partial charge in [0.1, 0.15) is 5.75 Å². The molecule has 0 bridgehead atoms. The van der Waals surface area contributed by atoms with Gasteiger partial charge in [-0.2, -0.15) is 0 Å². The highest BCUT2D eigenvalue weighted by atomic mass is 16.5. The van der Waals surface area contributed by atoms with Gasteiger partial charge in [-0.05, 0) is 67.5 Å². The van der Waals surface area contributed by atoms with E-state index in [1.54, 1.807) is 25.7 Å². The molecule has 0 saturated heterocycles. The predicted molar refractivity (Wildman–Crippen MR) is 93.4 cm³/mol. The van der Waals surface area contributed by atoms with E-state index in [9.17, 15) is 0 Å². The summed E-state index contributed by atoms with van der Waals surface area (Å²) in [6.45, 7) is 3.89. The predicted octanol–water partition coefficient (Wildman–Crippen LogP) is 4.21. The maximum atomic E-state index is 8.69. The zero-order chi connectivity index (χ0) is 18.2. The first-order valence-electron chi connectivity index (χ1n) is 7.98. The Labute approximate surface area is 148 Å². The average molecular weight is 336 g/mol. The largest absolute Gasteiger partial charge is 0.493 e. The van der Waals surface area contributed by atoms with Gasteiger partial charge in [-0.3, -0.25) is 0 Å². The standard InChI is InChI=1S/C20H20N2O3/c1-14-9-17(10-15(2)20(14)25-13-22)6-4-5-16-7-8-18(24-12-21)19(11-16)23-3/h7-11H,4-6H2,1-3H3. The zero-order valence-electron chi connectivity index (χ0n) is 14.6. The first kappa shape index (κ1) is 18.2. The monoisotopic (exact) mass is 336 g/mol. The van der Waals surface area contributed by atoms with Crippen molar-refractivity contribution in [3.05, 3.63) is 52.6 Å². The normalized spacial score (nSPS) is 9.80. The molecule has 0 unspecified atom stereocenters. The van der Waals surface area contributed by atoms with Crippen LogP contribution in [0, 0.1) is 36.9 Å². The number of hydrogen-bond acceptors (Lipinski definition) is 5. The molecule has 0 N–H and O–H groups in total. The zero-order valence-corrected chi connectivity index (χ0v) is 14.6. The van der Waals surface area contributed by atoms with Gasteiger partial charge >= 0.3 is 0 Å². The van der Waals surface area contributed by atoms with Gasteiger partial charge in [-0.25, -0.2) is 0 Å². The fourth-order valence-corrected chi connectivity index (χ4v) is 2.89. The Morgan fingerprint density at radius 3 is 2.08 bits per heavy atom. The van der Waals surface area contributed by atoms with Crippen LogP contribution in [-0.2, 0) is 12.8 Å². The molecule has 0 aromatic heterocycles. The van der Waals surface area contributed by atoms with Gasteiger partial charge in [0.05, 0.1) is 7.11 Å². The van der Waals surface area contributed by atoms with E-state index in [4.69, 9.17) is 24.7 Å². The third-order valence-corrected chi connectivity index (χ3v) is 3.98. The first-order chi connectivity index (χ1) is 12.1. The lowest BCUT2D eigenvalue weighted by Crippen LogP contribution is -1.96. The molecule has 0 aliphatic rings. The minimum Gasteiger partial charge on any atom is -0.493 e. The van der Waals surface area contributed by atoms with E-state index in [2.05, 4.69) is 12.1 Å². The van der Waals surface area contributed by atoms with E-state index in [1.165, 1.54) is 5.56 Å². The molecule has 2 aromatic carbocycles. The summed E-state index contributed by atoms with van der Waals surface area (Å²) in [5.74, 6) is 1.63. The molecule has 2 rings (SSSR count).